The molecule has 2 fully saturated rings. The lowest BCUT2D eigenvalue weighted by molar-refractivity contribution is -0.149. The Kier molecular flexibility index (Phi) is 4.88. The number of nitrogens with zero attached hydrogens (tertiary/aromatic N) is 1. The fourth-order valence-corrected chi connectivity index (χ4v) is 4.57. The molecule has 1 saturated carbocycles. The standard InChI is InChI=1S/C13H22N2O5S/c16-11(5-9-15-8-4-10-21(15,19)20)14-13(12(17)18)6-2-1-3-7-13/h1-10H2,(H,14,16)(H,17,18). The van der Waals surface area contributed by atoms with E-state index >= 15 is 0 Å². The highest BCUT2D eigenvalue weighted by molar-refractivity contribution is 7.89. The Morgan fingerprint density at radius 2 is 1.81 bits per heavy atom. The van der Waals surface area contributed by atoms with Crippen LogP contribution in [0.25, 0.3) is 0 Å². The number of carboxylic acids is 1. The summed E-state index contributed by atoms with van der Waals surface area (Å²) in [5, 5.41) is 12.0. The number of carbonyl (C=O) groups is 2. The second-order valence-corrected chi connectivity index (χ2v) is 7.90. The van der Waals surface area contributed by atoms with Crippen LogP contribution in [0.2, 0.25) is 0 Å². The predicted molar refractivity (Wildman–Crippen MR) is 76.2 cm³/mol. The third kappa shape index (κ3) is 3.74. The Morgan fingerprint density at radius 3 is 2.33 bits per heavy atom. The molecule has 8 heteroatoms. The molecule has 1 heterocycles. The summed E-state index contributed by atoms with van der Waals surface area (Å²) in [5.74, 6) is -1.25. The average Bonchev–Trinajstić information content (AvgIpc) is 2.76. The molecule has 1 aliphatic heterocycles. The van der Waals surface area contributed by atoms with Crippen molar-refractivity contribution < 1.29 is 23.1 Å². The van der Waals surface area contributed by atoms with Crippen LogP contribution in [0.1, 0.15) is 44.9 Å². The molecule has 0 radical (unpaired) electrons. The van der Waals surface area contributed by atoms with E-state index in [1.807, 2.05) is 0 Å². The molecule has 120 valence electrons. The van der Waals surface area contributed by atoms with E-state index in [2.05, 4.69) is 5.32 Å². The number of aliphatic carboxylic acids is 1. The zero-order chi connectivity index (χ0) is 15.5. The number of amides is 1. The Bertz CT molecular complexity index is 511. The molecule has 7 nitrogen and oxygen atoms in total. The maximum absolute atomic E-state index is 12.0. The fourth-order valence-electron chi connectivity index (χ4n) is 3.05. The van der Waals surface area contributed by atoms with E-state index in [0.717, 1.165) is 19.3 Å². The number of hydrogen-bond donors (Lipinski definition) is 2. The molecule has 1 amide bonds. The lowest BCUT2D eigenvalue weighted by Gasteiger charge is -2.34. The number of nitrogens with one attached hydrogen (secondary N) is 1. The van der Waals surface area contributed by atoms with Crippen LogP contribution in [0.4, 0.5) is 0 Å². The molecule has 0 aromatic rings. The summed E-state index contributed by atoms with van der Waals surface area (Å²) in [6.07, 6.45) is 4.03. The SMILES string of the molecule is O=C(CCN1CCCS1(=O)=O)NC1(C(=O)O)CCCCC1. The van der Waals surface area contributed by atoms with Crippen LogP contribution < -0.4 is 5.32 Å². The van der Waals surface area contributed by atoms with E-state index in [0.29, 0.717) is 25.8 Å². The Morgan fingerprint density at radius 1 is 1.14 bits per heavy atom. The Balaban J connectivity index is 1.90. The minimum absolute atomic E-state index is 0.00819. The normalized spacial score (nSPS) is 24.6. The molecule has 0 atom stereocenters. The molecule has 21 heavy (non-hydrogen) atoms. The topological polar surface area (TPSA) is 104 Å². The molecule has 0 aromatic heterocycles. The van der Waals surface area contributed by atoms with Gasteiger partial charge in [-0.05, 0) is 19.3 Å². The van der Waals surface area contributed by atoms with Crippen molar-refractivity contribution >= 4 is 21.9 Å². The average molecular weight is 318 g/mol. The molecular weight excluding hydrogens is 296 g/mol. The molecule has 1 aliphatic carbocycles. The van der Waals surface area contributed by atoms with Crippen molar-refractivity contribution in [3.05, 3.63) is 0 Å². The summed E-state index contributed by atoms with van der Waals surface area (Å²) in [6.45, 7) is 0.573. The van der Waals surface area contributed by atoms with Crippen LogP contribution in [-0.4, -0.2) is 54.1 Å². The minimum Gasteiger partial charge on any atom is -0.480 e. The van der Waals surface area contributed by atoms with Gasteiger partial charge < -0.3 is 10.4 Å². The summed E-state index contributed by atoms with van der Waals surface area (Å²) in [5.41, 5.74) is -1.17. The van der Waals surface area contributed by atoms with Crippen LogP contribution in [0.15, 0.2) is 0 Å². The summed E-state index contributed by atoms with van der Waals surface area (Å²) >= 11 is 0. The van der Waals surface area contributed by atoms with E-state index < -0.39 is 21.5 Å². The Hall–Kier alpha value is -1.15. The summed E-state index contributed by atoms with van der Waals surface area (Å²) < 4.78 is 24.6. The first-order chi connectivity index (χ1) is 9.86. The summed E-state index contributed by atoms with van der Waals surface area (Å²) in [4.78, 5) is 23.4. The van der Waals surface area contributed by atoms with Gasteiger partial charge in [-0.2, -0.15) is 0 Å². The molecule has 2 aliphatic rings. The van der Waals surface area contributed by atoms with Gasteiger partial charge in [-0.25, -0.2) is 17.5 Å². The van der Waals surface area contributed by atoms with Crippen molar-refractivity contribution in [3.8, 4) is 0 Å². The van der Waals surface area contributed by atoms with Crippen LogP contribution in [0.5, 0.6) is 0 Å². The molecule has 2 rings (SSSR count). The van der Waals surface area contributed by atoms with Gasteiger partial charge >= 0.3 is 5.97 Å². The number of rotatable bonds is 5. The monoisotopic (exact) mass is 318 g/mol. The van der Waals surface area contributed by atoms with Crippen molar-refractivity contribution in [3.63, 3.8) is 0 Å². The van der Waals surface area contributed by atoms with Crippen molar-refractivity contribution in [2.24, 2.45) is 0 Å². The third-order valence-electron chi connectivity index (χ3n) is 4.29. The van der Waals surface area contributed by atoms with E-state index in [1.165, 1.54) is 4.31 Å². The van der Waals surface area contributed by atoms with Crippen molar-refractivity contribution in [2.75, 3.05) is 18.8 Å². The van der Waals surface area contributed by atoms with Gasteiger partial charge in [0, 0.05) is 19.5 Å². The van der Waals surface area contributed by atoms with Crippen molar-refractivity contribution in [1.29, 1.82) is 0 Å². The molecular formula is C13H22N2O5S. The van der Waals surface area contributed by atoms with E-state index in [-0.39, 0.29) is 24.6 Å². The van der Waals surface area contributed by atoms with Gasteiger partial charge in [0.05, 0.1) is 5.75 Å². The van der Waals surface area contributed by atoms with E-state index in [9.17, 15) is 23.1 Å². The predicted octanol–water partition coefficient (Wildman–Crippen LogP) is 0.316. The smallest absolute Gasteiger partial charge is 0.329 e. The van der Waals surface area contributed by atoms with Crippen molar-refractivity contribution in [1.82, 2.24) is 9.62 Å². The fraction of sp³-hybridized carbons (Fsp3) is 0.846. The van der Waals surface area contributed by atoms with Gasteiger partial charge in [0.2, 0.25) is 15.9 Å². The maximum atomic E-state index is 12.0. The largest absolute Gasteiger partial charge is 0.480 e. The molecule has 0 unspecified atom stereocenters. The highest BCUT2D eigenvalue weighted by Crippen LogP contribution is 2.28. The maximum Gasteiger partial charge on any atom is 0.329 e. The number of carboxylic acid groups (broad SMARTS) is 1. The zero-order valence-corrected chi connectivity index (χ0v) is 12.8. The molecule has 0 aromatic carbocycles. The lowest BCUT2D eigenvalue weighted by atomic mass is 9.81. The van der Waals surface area contributed by atoms with E-state index in [4.69, 9.17) is 0 Å². The molecule has 1 saturated heterocycles. The van der Waals surface area contributed by atoms with Gasteiger partial charge in [0.15, 0.2) is 0 Å². The van der Waals surface area contributed by atoms with Gasteiger partial charge in [0.25, 0.3) is 0 Å². The second-order valence-electron chi connectivity index (χ2n) is 5.81. The highest BCUT2D eigenvalue weighted by atomic mass is 32.2. The number of carbonyl (C=O) groups excluding carboxylic acids is 1. The number of sulfonamides is 1. The third-order valence-corrected chi connectivity index (χ3v) is 6.24. The van der Waals surface area contributed by atoms with Crippen LogP contribution in [0.3, 0.4) is 0 Å². The van der Waals surface area contributed by atoms with Gasteiger partial charge in [-0.15, -0.1) is 0 Å². The van der Waals surface area contributed by atoms with Crippen LogP contribution in [-0.2, 0) is 19.6 Å². The zero-order valence-electron chi connectivity index (χ0n) is 12.0. The first-order valence-electron chi connectivity index (χ1n) is 7.38. The van der Waals surface area contributed by atoms with Gasteiger partial charge in [-0.1, -0.05) is 19.3 Å². The summed E-state index contributed by atoms with van der Waals surface area (Å²) in [6, 6.07) is 0. The van der Waals surface area contributed by atoms with Gasteiger partial charge in [-0.3, -0.25) is 4.79 Å². The van der Waals surface area contributed by atoms with Gasteiger partial charge in [0.1, 0.15) is 5.54 Å². The second kappa shape index (κ2) is 6.31. The molecule has 0 spiro atoms. The Labute approximate surface area is 124 Å². The summed E-state index contributed by atoms with van der Waals surface area (Å²) in [7, 11) is -3.21. The quantitative estimate of drug-likeness (QED) is 0.759. The minimum atomic E-state index is -3.21. The van der Waals surface area contributed by atoms with Crippen LogP contribution in [0, 0.1) is 0 Å². The molecule has 2 N–H and O–H groups in total. The first-order valence-corrected chi connectivity index (χ1v) is 8.99. The highest BCUT2D eigenvalue weighted by Gasteiger charge is 2.41. The van der Waals surface area contributed by atoms with E-state index in [1.54, 1.807) is 0 Å². The molecule has 0 bridgehead atoms. The number of hydrogen-bond acceptors (Lipinski definition) is 4. The first kappa shape index (κ1) is 16.2. The van der Waals surface area contributed by atoms with Crippen LogP contribution >= 0.6 is 0 Å². The lowest BCUT2D eigenvalue weighted by Crippen LogP contribution is -2.55. The van der Waals surface area contributed by atoms with Crippen molar-refractivity contribution in [2.45, 2.75) is 50.5 Å².